The van der Waals surface area contributed by atoms with Crippen molar-refractivity contribution in [3.05, 3.63) is 93.5 Å². The van der Waals surface area contributed by atoms with Crippen LogP contribution >= 0.6 is 22.9 Å². The molecule has 5 nitrogen and oxygen atoms in total. The first kappa shape index (κ1) is 25.2. The normalized spacial score (nSPS) is 20.1. The Hall–Kier alpha value is -3.09. The van der Waals surface area contributed by atoms with Gasteiger partial charge in [0.15, 0.2) is 5.54 Å². The zero-order valence-corrected chi connectivity index (χ0v) is 23.2. The number of carbonyl (C=O) groups excluding carboxylic acids is 2. The van der Waals surface area contributed by atoms with Gasteiger partial charge >= 0.3 is 0 Å². The molecule has 0 radical (unpaired) electrons. The second-order valence-electron chi connectivity index (χ2n) is 10.5. The zero-order valence-electron chi connectivity index (χ0n) is 21.6. The van der Waals surface area contributed by atoms with Crippen LogP contribution in [0.3, 0.4) is 0 Å². The average molecular weight is 546 g/mol. The molecule has 3 heterocycles. The van der Waals surface area contributed by atoms with Crippen molar-refractivity contribution in [2.24, 2.45) is 0 Å². The van der Waals surface area contributed by atoms with Crippen molar-refractivity contribution >= 4 is 45.0 Å². The lowest BCUT2D eigenvalue weighted by atomic mass is 9.83. The molecule has 38 heavy (non-hydrogen) atoms. The predicted octanol–water partition coefficient (Wildman–Crippen LogP) is 6.92. The van der Waals surface area contributed by atoms with E-state index < -0.39 is 5.54 Å². The molecule has 1 N–H and O–H groups in total. The Kier molecular flexibility index (Phi) is 6.79. The van der Waals surface area contributed by atoms with Crippen LogP contribution in [0.25, 0.3) is 10.2 Å². The fourth-order valence-electron chi connectivity index (χ4n) is 6.06. The van der Waals surface area contributed by atoms with Crippen molar-refractivity contribution in [2.45, 2.75) is 70.1 Å². The van der Waals surface area contributed by atoms with Gasteiger partial charge in [0, 0.05) is 22.5 Å². The number of nitrogens with zero attached hydrogens (tertiary/aromatic N) is 2. The third kappa shape index (κ3) is 4.34. The van der Waals surface area contributed by atoms with E-state index in [-0.39, 0.29) is 17.9 Å². The van der Waals surface area contributed by atoms with Crippen molar-refractivity contribution < 1.29 is 9.59 Å². The second-order valence-corrected chi connectivity index (χ2v) is 12.1. The van der Waals surface area contributed by atoms with Gasteiger partial charge in [-0.15, -0.1) is 11.3 Å². The summed E-state index contributed by atoms with van der Waals surface area (Å²) in [6.07, 6.45) is 6.34. The van der Waals surface area contributed by atoms with E-state index in [0.717, 1.165) is 53.4 Å². The highest BCUT2D eigenvalue weighted by Crippen LogP contribution is 2.42. The molecule has 0 spiro atoms. The molecular weight excluding hydrogens is 514 g/mol. The maximum atomic E-state index is 14.6. The van der Waals surface area contributed by atoms with Gasteiger partial charge in [-0.2, -0.15) is 0 Å². The molecule has 1 saturated carbocycles. The van der Waals surface area contributed by atoms with Crippen LogP contribution in [-0.4, -0.2) is 27.3 Å². The Bertz CT molecular complexity index is 1470. The van der Waals surface area contributed by atoms with E-state index in [2.05, 4.69) is 22.9 Å². The van der Waals surface area contributed by atoms with Crippen molar-refractivity contribution in [1.29, 1.82) is 0 Å². The minimum Gasteiger partial charge on any atom is -0.351 e. The molecule has 2 aromatic heterocycles. The van der Waals surface area contributed by atoms with Crippen molar-refractivity contribution in [1.82, 2.24) is 14.8 Å². The van der Waals surface area contributed by atoms with Gasteiger partial charge in [-0.3, -0.25) is 9.59 Å². The molecule has 0 saturated heterocycles. The van der Waals surface area contributed by atoms with Gasteiger partial charge in [-0.25, -0.2) is 0 Å². The molecule has 6 rings (SSSR count). The maximum absolute atomic E-state index is 14.6. The number of hydrogen-bond acceptors (Lipinski definition) is 3. The molecule has 1 aliphatic heterocycles. The number of rotatable bonds is 6. The number of nitrogens with one attached hydrogen (secondary N) is 1. The van der Waals surface area contributed by atoms with Gasteiger partial charge in [-0.1, -0.05) is 80.3 Å². The van der Waals surface area contributed by atoms with Crippen LogP contribution in [0.5, 0.6) is 0 Å². The Morgan fingerprint density at radius 1 is 1.05 bits per heavy atom. The SMILES string of the molecule is CCc1cc2c(cc3n2CC(C(=O)NC2CCCCC2)(c2ccccc2)N(Cc2ccc(Cl)cc2)C3=O)s1. The smallest absolute Gasteiger partial charge is 0.272 e. The lowest BCUT2D eigenvalue weighted by molar-refractivity contribution is -0.136. The van der Waals surface area contributed by atoms with Crippen LogP contribution < -0.4 is 5.32 Å². The van der Waals surface area contributed by atoms with Crippen LogP contribution in [-0.2, 0) is 29.8 Å². The summed E-state index contributed by atoms with van der Waals surface area (Å²) in [7, 11) is 0. The van der Waals surface area contributed by atoms with E-state index in [1.54, 1.807) is 16.2 Å². The Morgan fingerprint density at radius 2 is 1.79 bits per heavy atom. The first-order chi connectivity index (χ1) is 18.5. The first-order valence-electron chi connectivity index (χ1n) is 13.5. The van der Waals surface area contributed by atoms with E-state index in [9.17, 15) is 9.59 Å². The fraction of sp³-hybridized carbons (Fsp3) is 0.355. The summed E-state index contributed by atoms with van der Waals surface area (Å²) in [4.78, 5) is 32.1. The minimum absolute atomic E-state index is 0.101. The van der Waals surface area contributed by atoms with Crippen LogP contribution in [0.15, 0.2) is 66.7 Å². The molecule has 2 aromatic carbocycles. The highest BCUT2D eigenvalue weighted by atomic mass is 35.5. The standard InChI is InChI=1S/C31H32ClN3O2S/c1-2-25-17-26-28(38-25)18-27-29(36)35(19-21-13-15-23(32)16-14-21)31(20-34(26)27,22-9-5-3-6-10-22)30(37)33-24-11-7-4-8-12-24/h3,5-6,9-10,13-18,24H,2,4,7-8,11-12,19-20H2,1H3,(H,33,37). The fourth-order valence-corrected chi connectivity index (χ4v) is 7.23. The van der Waals surface area contributed by atoms with Gasteiger partial charge in [0.05, 0.1) is 16.8 Å². The Morgan fingerprint density at radius 3 is 2.50 bits per heavy atom. The van der Waals surface area contributed by atoms with Crippen molar-refractivity contribution in [3.63, 3.8) is 0 Å². The van der Waals surface area contributed by atoms with E-state index in [4.69, 9.17) is 11.6 Å². The van der Waals surface area contributed by atoms with Crippen molar-refractivity contribution in [3.8, 4) is 0 Å². The molecule has 1 aliphatic carbocycles. The van der Waals surface area contributed by atoms with Crippen LogP contribution in [0.4, 0.5) is 0 Å². The Labute approximate surface area is 232 Å². The van der Waals surface area contributed by atoms with Gasteiger partial charge in [-0.05, 0) is 54.7 Å². The van der Waals surface area contributed by atoms with Crippen LogP contribution in [0.2, 0.25) is 5.02 Å². The van der Waals surface area contributed by atoms with E-state index in [1.165, 1.54) is 11.3 Å². The van der Waals surface area contributed by atoms with E-state index in [1.807, 2.05) is 60.7 Å². The summed E-state index contributed by atoms with van der Waals surface area (Å²) in [5.74, 6) is -0.230. The van der Waals surface area contributed by atoms with E-state index in [0.29, 0.717) is 23.8 Å². The molecule has 2 amide bonds. The molecule has 7 heteroatoms. The van der Waals surface area contributed by atoms with Crippen LogP contribution in [0, 0.1) is 0 Å². The highest BCUT2D eigenvalue weighted by molar-refractivity contribution is 7.19. The molecule has 2 aliphatic rings. The number of thiophene rings is 1. The third-order valence-electron chi connectivity index (χ3n) is 8.12. The summed E-state index contributed by atoms with van der Waals surface area (Å²) >= 11 is 7.90. The molecule has 196 valence electrons. The number of aryl methyl sites for hydroxylation is 1. The van der Waals surface area contributed by atoms with Gasteiger partial charge in [0.2, 0.25) is 0 Å². The number of amides is 2. The average Bonchev–Trinajstić information content (AvgIpc) is 3.50. The molecule has 1 fully saturated rings. The summed E-state index contributed by atoms with van der Waals surface area (Å²) in [5.41, 5.74) is 2.24. The summed E-state index contributed by atoms with van der Waals surface area (Å²) in [5, 5.41) is 4.04. The number of fused-ring (bicyclic) bond motifs is 3. The third-order valence-corrected chi connectivity index (χ3v) is 9.59. The predicted molar refractivity (Wildman–Crippen MR) is 154 cm³/mol. The number of carbonyl (C=O) groups is 2. The van der Waals surface area contributed by atoms with E-state index >= 15 is 0 Å². The van der Waals surface area contributed by atoms with Crippen LogP contribution in [0.1, 0.15) is 65.5 Å². The summed E-state index contributed by atoms with van der Waals surface area (Å²) in [6.45, 7) is 2.82. The molecule has 1 atom stereocenters. The number of aromatic nitrogens is 1. The summed E-state index contributed by atoms with van der Waals surface area (Å²) < 4.78 is 3.17. The van der Waals surface area contributed by atoms with Gasteiger partial charge in [0.25, 0.3) is 11.8 Å². The van der Waals surface area contributed by atoms with Gasteiger partial charge < -0.3 is 14.8 Å². The summed E-state index contributed by atoms with van der Waals surface area (Å²) in [6, 6.07) is 21.7. The molecule has 1 unspecified atom stereocenters. The largest absolute Gasteiger partial charge is 0.351 e. The number of hydrogen-bond donors (Lipinski definition) is 1. The molecule has 4 aromatic rings. The lowest BCUT2D eigenvalue weighted by Crippen LogP contribution is -2.64. The maximum Gasteiger partial charge on any atom is 0.272 e. The number of benzene rings is 2. The molecule has 0 bridgehead atoms. The topological polar surface area (TPSA) is 54.3 Å². The van der Waals surface area contributed by atoms with Gasteiger partial charge in [0.1, 0.15) is 5.69 Å². The lowest BCUT2D eigenvalue weighted by Gasteiger charge is -2.47. The second kappa shape index (κ2) is 10.2. The van der Waals surface area contributed by atoms with Crippen molar-refractivity contribution in [2.75, 3.05) is 0 Å². The Balaban J connectivity index is 1.53. The molecular formula is C31H32ClN3O2S. The highest BCUT2D eigenvalue weighted by Gasteiger charge is 2.53. The minimum atomic E-state index is -1.19. The number of halogens is 1. The monoisotopic (exact) mass is 545 g/mol. The first-order valence-corrected chi connectivity index (χ1v) is 14.7. The quantitative estimate of drug-likeness (QED) is 0.286. The zero-order chi connectivity index (χ0) is 26.3.